The van der Waals surface area contributed by atoms with E-state index in [2.05, 4.69) is 31.0 Å². The summed E-state index contributed by atoms with van der Waals surface area (Å²) in [6, 6.07) is 23.7. The van der Waals surface area contributed by atoms with Crippen LogP contribution in [0.2, 0.25) is 0 Å². The summed E-state index contributed by atoms with van der Waals surface area (Å²) in [5.74, 6) is -0.119. The molecule has 0 spiro atoms. The lowest BCUT2D eigenvalue weighted by molar-refractivity contribution is 0.0986. The summed E-state index contributed by atoms with van der Waals surface area (Å²) < 4.78 is 1.10. The molecule has 6 aromatic rings. The molecule has 0 aliphatic heterocycles. The largest absolute Gasteiger partial charge is 0.278 e. The molecule has 1 amide bonds. The molecule has 0 unspecified atom stereocenters. The van der Waals surface area contributed by atoms with Crippen LogP contribution in [0, 0.1) is 13.8 Å². The molecular formula is C29H22N4OS2. The van der Waals surface area contributed by atoms with Gasteiger partial charge in [0.2, 0.25) is 0 Å². The molecule has 0 aliphatic rings. The van der Waals surface area contributed by atoms with E-state index in [9.17, 15) is 4.79 Å². The second-order valence-corrected chi connectivity index (χ2v) is 10.6. The van der Waals surface area contributed by atoms with Gasteiger partial charge in [-0.05, 0) is 60.7 Å². The van der Waals surface area contributed by atoms with Gasteiger partial charge in [-0.1, -0.05) is 53.8 Å². The number of carbonyl (C=O) groups is 1. The number of thiophene rings is 1. The highest BCUT2D eigenvalue weighted by molar-refractivity contribution is 7.22. The minimum absolute atomic E-state index is 0.119. The standard InChI is InChI=1S/C29H22N4OS2/c1-18-12-13-19(2)27-26(18)32-29(36-27)33(17-20-8-5-6-14-30-20)28(34)22-16-24(25-11-7-15-35-25)31-23-10-4-3-9-21(22)23/h3-16H,17H2,1-2H3. The maximum atomic E-state index is 14.4. The van der Waals surface area contributed by atoms with Crippen molar-refractivity contribution in [2.45, 2.75) is 20.4 Å². The molecule has 4 heterocycles. The van der Waals surface area contributed by atoms with E-state index in [-0.39, 0.29) is 5.91 Å². The molecule has 0 fully saturated rings. The topological polar surface area (TPSA) is 59.0 Å². The first-order chi connectivity index (χ1) is 17.6. The molecule has 0 aliphatic carbocycles. The normalized spacial score (nSPS) is 11.3. The average molecular weight is 507 g/mol. The van der Waals surface area contributed by atoms with Crippen LogP contribution < -0.4 is 4.90 Å². The van der Waals surface area contributed by atoms with E-state index in [0.717, 1.165) is 48.5 Å². The Bertz CT molecular complexity index is 1670. The zero-order chi connectivity index (χ0) is 24.6. The lowest BCUT2D eigenvalue weighted by Crippen LogP contribution is -2.31. The number of hydrogen-bond acceptors (Lipinski definition) is 6. The molecule has 5 nitrogen and oxygen atoms in total. The summed E-state index contributed by atoms with van der Waals surface area (Å²) in [6.07, 6.45) is 1.75. The van der Waals surface area contributed by atoms with Crippen molar-refractivity contribution < 1.29 is 4.79 Å². The Morgan fingerprint density at radius 3 is 2.53 bits per heavy atom. The molecule has 2 aromatic carbocycles. The highest BCUT2D eigenvalue weighted by atomic mass is 32.1. The second kappa shape index (κ2) is 9.26. The number of benzene rings is 2. The Kier molecular flexibility index (Phi) is 5.79. The molecule has 4 aromatic heterocycles. The van der Waals surface area contributed by atoms with Gasteiger partial charge in [-0.15, -0.1) is 11.3 Å². The fourth-order valence-corrected chi connectivity index (χ4v) is 6.09. The molecule has 0 saturated heterocycles. The van der Waals surface area contributed by atoms with Crippen LogP contribution >= 0.6 is 22.7 Å². The van der Waals surface area contributed by atoms with E-state index in [0.29, 0.717) is 17.2 Å². The van der Waals surface area contributed by atoms with Gasteiger partial charge >= 0.3 is 0 Å². The molecule has 0 saturated carbocycles. The first-order valence-corrected chi connectivity index (χ1v) is 13.3. The maximum absolute atomic E-state index is 14.4. The Morgan fingerprint density at radius 1 is 0.917 bits per heavy atom. The number of anilines is 1. The average Bonchev–Trinajstić information content (AvgIpc) is 3.61. The third-order valence-electron chi connectivity index (χ3n) is 6.17. The van der Waals surface area contributed by atoms with Crippen molar-refractivity contribution in [3.05, 3.63) is 107 Å². The van der Waals surface area contributed by atoms with Crippen molar-refractivity contribution in [3.8, 4) is 10.6 Å². The molecule has 6 rings (SSSR count). The van der Waals surface area contributed by atoms with E-state index in [1.807, 2.05) is 66.0 Å². The summed E-state index contributed by atoms with van der Waals surface area (Å²) in [5, 5.41) is 3.51. The van der Waals surface area contributed by atoms with Crippen molar-refractivity contribution >= 4 is 54.8 Å². The zero-order valence-electron chi connectivity index (χ0n) is 19.8. The van der Waals surface area contributed by atoms with Crippen LogP contribution in [-0.4, -0.2) is 20.9 Å². The molecule has 0 N–H and O–H groups in total. The number of para-hydroxylation sites is 1. The maximum Gasteiger partial charge on any atom is 0.261 e. The number of amides is 1. The van der Waals surface area contributed by atoms with Gasteiger partial charge in [-0.25, -0.2) is 9.97 Å². The highest BCUT2D eigenvalue weighted by Crippen LogP contribution is 2.36. The number of hydrogen-bond donors (Lipinski definition) is 0. The number of aromatic nitrogens is 3. The number of carbonyl (C=O) groups excluding carboxylic acids is 1. The molecular weight excluding hydrogens is 484 g/mol. The fourth-order valence-electron chi connectivity index (χ4n) is 4.29. The third-order valence-corrected chi connectivity index (χ3v) is 8.28. The number of pyridine rings is 2. The third kappa shape index (κ3) is 4.06. The summed E-state index contributed by atoms with van der Waals surface area (Å²) in [6.45, 7) is 4.46. The van der Waals surface area contributed by atoms with Crippen molar-refractivity contribution in [3.63, 3.8) is 0 Å². The van der Waals surface area contributed by atoms with Gasteiger partial charge in [0.1, 0.15) is 0 Å². The molecule has 0 atom stereocenters. The fraction of sp³-hybridized carbons (Fsp3) is 0.103. The van der Waals surface area contributed by atoms with Gasteiger partial charge in [-0.3, -0.25) is 14.7 Å². The minimum atomic E-state index is -0.119. The SMILES string of the molecule is Cc1ccc(C)c2sc(N(Cc3ccccn3)C(=O)c3cc(-c4cccs4)nc4ccccc34)nc12. The number of fused-ring (bicyclic) bond motifs is 2. The van der Waals surface area contributed by atoms with Crippen molar-refractivity contribution in [1.29, 1.82) is 0 Å². The van der Waals surface area contributed by atoms with Crippen LogP contribution in [0.25, 0.3) is 31.7 Å². The summed E-state index contributed by atoms with van der Waals surface area (Å²) in [7, 11) is 0. The second-order valence-electron chi connectivity index (χ2n) is 8.64. The monoisotopic (exact) mass is 506 g/mol. The van der Waals surface area contributed by atoms with Crippen molar-refractivity contribution in [2.24, 2.45) is 0 Å². The van der Waals surface area contributed by atoms with Gasteiger partial charge in [0.15, 0.2) is 5.13 Å². The zero-order valence-corrected chi connectivity index (χ0v) is 21.4. The van der Waals surface area contributed by atoms with E-state index in [4.69, 9.17) is 9.97 Å². The van der Waals surface area contributed by atoms with E-state index >= 15 is 0 Å². The number of aryl methyl sites for hydroxylation is 2. The number of rotatable bonds is 5. The Labute approximate surface area is 216 Å². The molecule has 0 radical (unpaired) electrons. The smallest absolute Gasteiger partial charge is 0.261 e. The van der Waals surface area contributed by atoms with Gasteiger partial charge in [0.05, 0.1) is 44.1 Å². The number of nitrogens with zero attached hydrogens (tertiary/aromatic N) is 4. The summed E-state index contributed by atoms with van der Waals surface area (Å²) >= 11 is 3.16. The Morgan fingerprint density at radius 2 is 1.75 bits per heavy atom. The summed E-state index contributed by atoms with van der Waals surface area (Å²) in [5.41, 5.74) is 6.17. The molecule has 36 heavy (non-hydrogen) atoms. The van der Waals surface area contributed by atoms with Crippen LogP contribution in [0.15, 0.2) is 84.4 Å². The number of thiazole rings is 1. The molecule has 176 valence electrons. The predicted molar refractivity (Wildman–Crippen MR) is 149 cm³/mol. The Hall–Kier alpha value is -3.94. The molecule has 7 heteroatoms. The van der Waals surface area contributed by atoms with Gasteiger partial charge in [0.25, 0.3) is 5.91 Å². The first kappa shape index (κ1) is 22.5. The minimum Gasteiger partial charge on any atom is -0.278 e. The van der Waals surface area contributed by atoms with Crippen LogP contribution in [-0.2, 0) is 6.54 Å². The van der Waals surface area contributed by atoms with Crippen molar-refractivity contribution in [1.82, 2.24) is 15.0 Å². The quantitative estimate of drug-likeness (QED) is 0.244. The van der Waals surface area contributed by atoms with E-state index in [1.165, 1.54) is 0 Å². The van der Waals surface area contributed by atoms with Crippen LogP contribution in [0.4, 0.5) is 5.13 Å². The van der Waals surface area contributed by atoms with Crippen LogP contribution in [0.1, 0.15) is 27.2 Å². The Balaban J connectivity index is 1.54. The summed E-state index contributed by atoms with van der Waals surface area (Å²) in [4.78, 5) is 31.5. The predicted octanol–water partition coefficient (Wildman–Crippen LogP) is 7.43. The highest BCUT2D eigenvalue weighted by Gasteiger charge is 2.25. The van der Waals surface area contributed by atoms with Crippen LogP contribution in [0.3, 0.4) is 0 Å². The van der Waals surface area contributed by atoms with E-state index in [1.54, 1.807) is 33.8 Å². The van der Waals surface area contributed by atoms with Gasteiger partial charge in [-0.2, -0.15) is 0 Å². The van der Waals surface area contributed by atoms with E-state index < -0.39 is 0 Å². The lowest BCUT2D eigenvalue weighted by atomic mass is 10.1. The van der Waals surface area contributed by atoms with Gasteiger partial charge in [0, 0.05) is 11.6 Å². The lowest BCUT2D eigenvalue weighted by Gasteiger charge is -2.21. The van der Waals surface area contributed by atoms with Gasteiger partial charge < -0.3 is 0 Å². The molecule has 0 bridgehead atoms. The van der Waals surface area contributed by atoms with Crippen molar-refractivity contribution in [2.75, 3.05) is 4.90 Å². The van der Waals surface area contributed by atoms with Crippen LogP contribution in [0.5, 0.6) is 0 Å². The first-order valence-electron chi connectivity index (χ1n) is 11.6.